The topological polar surface area (TPSA) is 24.4 Å². The second kappa shape index (κ2) is 4.09. The molecule has 1 aromatic rings. The van der Waals surface area contributed by atoms with Gasteiger partial charge in [-0.25, -0.2) is 4.39 Å². The molecule has 1 heterocycles. The van der Waals surface area contributed by atoms with Gasteiger partial charge in [-0.3, -0.25) is 4.99 Å². The Labute approximate surface area is 98.3 Å². The average molecular weight is 236 g/mol. The van der Waals surface area contributed by atoms with E-state index in [1.807, 2.05) is 6.07 Å². The zero-order valence-electron chi connectivity index (χ0n) is 8.87. The molecule has 1 unspecified atom stereocenters. The Balaban J connectivity index is 1.83. The van der Waals surface area contributed by atoms with E-state index in [1.54, 1.807) is 23.9 Å². The molecule has 0 saturated carbocycles. The van der Waals surface area contributed by atoms with Crippen molar-refractivity contribution in [3.63, 3.8) is 0 Å². The van der Waals surface area contributed by atoms with Crippen molar-refractivity contribution in [1.82, 2.24) is 5.32 Å². The molecule has 0 amide bonds. The van der Waals surface area contributed by atoms with Crippen LogP contribution in [0.25, 0.3) is 0 Å². The van der Waals surface area contributed by atoms with Crippen LogP contribution in [-0.4, -0.2) is 17.5 Å². The van der Waals surface area contributed by atoms with Gasteiger partial charge in [0.25, 0.3) is 0 Å². The second-order valence-electron chi connectivity index (χ2n) is 4.08. The lowest BCUT2D eigenvalue weighted by atomic mass is 10.1. The summed E-state index contributed by atoms with van der Waals surface area (Å²) in [7, 11) is 0. The van der Waals surface area contributed by atoms with E-state index in [2.05, 4.69) is 10.3 Å². The molecule has 2 nitrogen and oxygen atoms in total. The van der Waals surface area contributed by atoms with Crippen molar-refractivity contribution in [2.75, 3.05) is 12.3 Å². The Kier molecular flexibility index (Phi) is 2.59. The van der Waals surface area contributed by atoms with Crippen LogP contribution in [0.2, 0.25) is 0 Å². The molecule has 1 N–H and O–H groups in total. The van der Waals surface area contributed by atoms with E-state index >= 15 is 0 Å². The maximum Gasteiger partial charge on any atom is 0.157 e. The number of benzene rings is 1. The van der Waals surface area contributed by atoms with E-state index in [0.29, 0.717) is 0 Å². The zero-order chi connectivity index (χ0) is 11.0. The molecular weight excluding hydrogens is 223 g/mol. The van der Waals surface area contributed by atoms with Crippen LogP contribution < -0.4 is 5.32 Å². The number of hydrogen-bond acceptors (Lipinski definition) is 3. The Morgan fingerprint density at radius 1 is 1.44 bits per heavy atom. The van der Waals surface area contributed by atoms with E-state index in [9.17, 15) is 4.39 Å². The lowest BCUT2D eigenvalue weighted by Gasteiger charge is -2.14. The highest BCUT2D eigenvalue weighted by atomic mass is 32.2. The van der Waals surface area contributed by atoms with Gasteiger partial charge in [-0.15, -0.1) is 0 Å². The molecule has 1 aliphatic heterocycles. The highest BCUT2D eigenvalue weighted by molar-refractivity contribution is 8.14. The maximum atomic E-state index is 13.5. The monoisotopic (exact) mass is 236 g/mol. The molecular formula is C12H13FN2S. The fourth-order valence-corrected chi connectivity index (χ4v) is 3.12. The quantitative estimate of drug-likeness (QED) is 0.810. The van der Waals surface area contributed by atoms with Crippen molar-refractivity contribution in [3.8, 4) is 0 Å². The number of hydrogen-bond donors (Lipinski definition) is 1. The molecule has 0 fully saturated rings. The van der Waals surface area contributed by atoms with Gasteiger partial charge in [0.05, 0.1) is 12.6 Å². The van der Waals surface area contributed by atoms with Crippen LogP contribution in [-0.2, 0) is 6.42 Å². The summed E-state index contributed by atoms with van der Waals surface area (Å²) in [6, 6.07) is 5.60. The largest absolute Gasteiger partial charge is 0.358 e. The summed E-state index contributed by atoms with van der Waals surface area (Å²) < 4.78 is 13.5. The predicted octanol–water partition coefficient (Wildman–Crippen LogP) is 2.51. The van der Waals surface area contributed by atoms with Crippen LogP contribution in [0.3, 0.4) is 0 Å². The summed E-state index contributed by atoms with van der Waals surface area (Å²) in [6.07, 6.45) is 1.80. The Morgan fingerprint density at radius 3 is 3.19 bits per heavy atom. The minimum Gasteiger partial charge on any atom is -0.358 e. The average Bonchev–Trinajstić information content (AvgIpc) is 2.90. The first-order chi connectivity index (χ1) is 7.84. The van der Waals surface area contributed by atoms with Gasteiger partial charge in [0.2, 0.25) is 0 Å². The van der Waals surface area contributed by atoms with Gasteiger partial charge >= 0.3 is 0 Å². The molecule has 84 valence electrons. The van der Waals surface area contributed by atoms with Crippen molar-refractivity contribution >= 4 is 16.9 Å². The molecule has 0 radical (unpaired) electrons. The second-order valence-corrected chi connectivity index (χ2v) is 5.16. The summed E-state index contributed by atoms with van der Waals surface area (Å²) in [5.41, 5.74) is 1.98. The van der Waals surface area contributed by atoms with Gasteiger partial charge in [0, 0.05) is 5.75 Å². The van der Waals surface area contributed by atoms with Crippen molar-refractivity contribution in [2.24, 2.45) is 4.99 Å². The number of nitrogens with one attached hydrogen (secondary N) is 1. The number of aliphatic imine (C=N–C) groups is 1. The molecule has 3 rings (SSSR count). The lowest BCUT2D eigenvalue weighted by Crippen LogP contribution is -2.23. The first-order valence-electron chi connectivity index (χ1n) is 5.55. The highest BCUT2D eigenvalue weighted by Gasteiger charge is 2.26. The molecule has 0 bridgehead atoms. The Hall–Kier alpha value is -1.03. The lowest BCUT2D eigenvalue weighted by molar-refractivity contribution is 0.611. The first-order valence-corrected chi connectivity index (χ1v) is 6.54. The predicted molar refractivity (Wildman–Crippen MR) is 65.4 cm³/mol. The van der Waals surface area contributed by atoms with Crippen molar-refractivity contribution in [1.29, 1.82) is 0 Å². The third-order valence-corrected chi connectivity index (χ3v) is 4.00. The van der Waals surface area contributed by atoms with Crippen LogP contribution >= 0.6 is 11.8 Å². The number of rotatable bonds is 1. The number of amidine groups is 1. The Bertz CT molecular complexity index is 445. The molecule has 0 spiro atoms. The normalized spacial score (nSPS) is 23.1. The van der Waals surface area contributed by atoms with Gasteiger partial charge in [-0.05, 0) is 30.0 Å². The molecule has 0 aromatic heterocycles. The highest BCUT2D eigenvalue weighted by Crippen LogP contribution is 2.33. The van der Waals surface area contributed by atoms with Crippen LogP contribution in [0, 0.1) is 5.82 Å². The van der Waals surface area contributed by atoms with E-state index < -0.39 is 0 Å². The summed E-state index contributed by atoms with van der Waals surface area (Å²) in [5.74, 6) is 0.994. The van der Waals surface area contributed by atoms with E-state index in [4.69, 9.17) is 0 Å². The van der Waals surface area contributed by atoms with Gasteiger partial charge in [-0.2, -0.15) is 0 Å². The van der Waals surface area contributed by atoms with Gasteiger partial charge in [0.1, 0.15) is 5.82 Å². The fraction of sp³-hybridized carbons (Fsp3) is 0.417. The van der Waals surface area contributed by atoms with Crippen molar-refractivity contribution in [3.05, 3.63) is 35.1 Å². The molecule has 1 aromatic carbocycles. The molecule has 0 saturated heterocycles. The third-order valence-electron chi connectivity index (χ3n) is 3.10. The number of nitrogens with zero attached hydrogens (tertiary/aromatic N) is 1. The zero-order valence-corrected chi connectivity index (χ0v) is 9.69. The summed E-state index contributed by atoms with van der Waals surface area (Å²) in [4.78, 5) is 4.37. The smallest absolute Gasteiger partial charge is 0.157 e. The molecule has 4 heteroatoms. The summed E-state index contributed by atoms with van der Waals surface area (Å²) in [6.45, 7) is 0.899. The number of thioether (sulfide) groups is 1. The molecule has 1 atom stereocenters. The number of fused-ring (bicyclic) bond motifs is 1. The van der Waals surface area contributed by atoms with E-state index in [1.165, 1.54) is 0 Å². The van der Waals surface area contributed by atoms with Crippen molar-refractivity contribution < 1.29 is 4.39 Å². The van der Waals surface area contributed by atoms with Crippen LogP contribution in [0.1, 0.15) is 23.6 Å². The van der Waals surface area contributed by atoms with Gasteiger partial charge in [-0.1, -0.05) is 23.9 Å². The summed E-state index contributed by atoms with van der Waals surface area (Å²) in [5, 5.41) is 4.42. The SMILES string of the molecule is Fc1cccc2c1CCC2NC1=NCCS1. The number of halogens is 1. The van der Waals surface area contributed by atoms with E-state index in [0.717, 1.165) is 41.4 Å². The van der Waals surface area contributed by atoms with Crippen molar-refractivity contribution in [2.45, 2.75) is 18.9 Å². The van der Waals surface area contributed by atoms with Gasteiger partial charge < -0.3 is 5.32 Å². The van der Waals surface area contributed by atoms with Crippen LogP contribution in [0.15, 0.2) is 23.2 Å². The first kappa shape index (κ1) is 10.1. The summed E-state index contributed by atoms with van der Waals surface area (Å²) >= 11 is 1.75. The maximum absolute atomic E-state index is 13.5. The molecule has 1 aliphatic carbocycles. The minimum atomic E-state index is -0.0668. The fourth-order valence-electron chi connectivity index (χ4n) is 2.33. The van der Waals surface area contributed by atoms with Gasteiger partial charge in [0.15, 0.2) is 5.17 Å². The Morgan fingerprint density at radius 2 is 2.38 bits per heavy atom. The molecule has 2 aliphatic rings. The third kappa shape index (κ3) is 1.71. The van der Waals surface area contributed by atoms with Crippen LogP contribution in [0.5, 0.6) is 0 Å². The minimum absolute atomic E-state index is 0.0668. The molecule has 16 heavy (non-hydrogen) atoms. The van der Waals surface area contributed by atoms with E-state index in [-0.39, 0.29) is 11.9 Å². The standard InChI is InChI=1S/C12H13FN2S/c13-10-3-1-2-9-8(10)4-5-11(9)15-12-14-6-7-16-12/h1-3,11H,4-7H2,(H,14,15). The van der Waals surface area contributed by atoms with Crippen LogP contribution in [0.4, 0.5) is 4.39 Å².